The van der Waals surface area contributed by atoms with Crippen molar-refractivity contribution in [2.45, 2.75) is 53.0 Å². The van der Waals surface area contributed by atoms with Crippen molar-refractivity contribution in [3.05, 3.63) is 158 Å². The van der Waals surface area contributed by atoms with Crippen LogP contribution in [0.3, 0.4) is 0 Å². The summed E-state index contributed by atoms with van der Waals surface area (Å²) in [6.45, 7) is 19.7. The summed E-state index contributed by atoms with van der Waals surface area (Å²) in [6, 6.07) is 30.2. The quantitative estimate of drug-likeness (QED) is 0.146. The molecule has 4 aliphatic heterocycles. The number of carboxylic acids is 1. The van der Waals surface area contributed by atoms with Crippen LogP contribution in [0.1, 0.15) is 91.6 Å². The van der Waals surface area contributed by atoms with Gasteiger partial charge in [0.2, 0.25) is 0 Å². The molecule has 1 atom stereocenters. The number of thiophene rings is 1. The zero-order valence-electron chi connectivity index (χ0n) is 38.3. The topological polar surface area (TPSA) is 93.3 Å². The number of piperazine rings is 1. The molecule has 0 bridgehead atoms. The van der Waals surface area contributed by atoms with E-state index >= 15 is 0 Å². The summed E-state index contributed by atoms with van der Waals surface area (Å²) in [6.07, 6.45) is 2.52. The predicted molar refractivity (Wildman–Crippen MR) is 263 cm³/mol. The van der Waals surface area contributed by atoms with Crippen molar-refractivity contribution in [2.75, 3.05) is 75.2 Å². The Kier molecular flexibility index (Phi) is 11.2. The van der Waals surface area contributed by atoms with Crippen LogP contribution >= 0.6 is 11.3 Å². The number of hydrogen-bond donors (Lipinski definition) is 1. The van der Waals surface area contributed by atoms with Crippen LogP contribution in [0.25, 0.3) is 16.1 Å². The van der Waals surface area contributed by atoms with Crippen LogP contribution in [0.5, 0.6) is 0 Å². The number of allylic oxidation sites excluding steroid dienone is 1. The number of halogens is 1. The van der Waals surface area contributed by atoms with Crippen LogP contribution in [-0.4, -0.2) is 107 Å². The molecular formula is C54H57FN8O2S. The molecule has 6 aromatic rings. The Morgan fingerprint density at radius 3 is 1.94 bits per heavy atom. The third-order valence-electron chi connectivity index (χ3n) is 14.8. The SMILES string of the molecule is Cc1sc2c(c1C)C(c1ccc(N3CC(CN4CCN(CC5CN(c6ccc(C7=C(c8ccc(F)cc8)CCCc8cc(C(=O)O)ccc87)cc6)C5)CC4)C3)cc1)=N[C@@H](C)c1nnc(C)n1-2. The first-order valence-electron chi connectivity index (χ1n) is 23.7. The first-order chi connectivity index (χ1) is 32.0. The highest BCUT2D eigenvalue weighted by Gasteiger charge is 2.34. The van der Waals surface area contributed by atoms with Crippen LogP contribution in [0.2, 0.25) is 0 Å². The van der Waals surface area contributed by atoms with Gasteiger partial charge in [-0.2, -0.15) is 0 Å². The van der Waals surface area contributed by atoms with Gasteiger partial charge in [0.05, 0.1) is 11.3 Å². The molecule has 6 heterocycles. The summed E-state index contributed by atoms with van der Waals surface area (Å²) in [5.74, 6) is 2.00. The molecule has 5 aliphatic rings. The molecule has 3 fully saturated rings. The number of nitrogens with zero attached hydrogens (tertiary/aromatic N) is 8. The fourth-order valence-corrected chi connectivity index (χ4v) is 12.2. The lowest BCUT2D eigenvalue weighted by Crippen LogP contribution is -2.57. The van der Waals surface area contributed by atoms with Crippen molar-refractivity contribution in [3.63, 3.8) is 0 Å². The van der Waals surface area contributed by atoms with Crippen molar-refractivity contribution < 1.29 is 14.3 Å². The number of rotatable bonds is 10. The average molecular weight is 901 g/mol. The van der Waals surface area contributed by atoms with Crippen molar-refractivity contribution in [1.29, 1.82) is 0 Å². The molecule has 2 aromatic heterocycles. The lowest BCUT2D eigenvalue weighted by Gasteiger charge is -2.46. The molecule has 66 heavy (non-hydrogen) atoms. The Hall–Kier alpha value is -5.95. The molecule has 11 rings (SSSR count). The van der Waals surface area contributed by atoms with E-state index in [0.29, 0.717) is 17.4 Å². The molecule has 4 aromatic carbocycles. The normalized spacial score (nSPS) is 19.3. The van der Waals surface area contributed by atoms with Crippen molar-refractivity contribution in [1.82, 2.24) is 24.6 Å². The fourth-order valence-electron chi connectivity index (χ4n) is 11.0. The van der Waals surface area contributed by atoms with Gasteiger partial charge >= 0.3 is 5.97 Å². The molecule has 0 radical (unpaired) electrons. The van der Waals surface area contributed by atoms with E-state index < -0.39 is 5.97 Å². The Morgan fingerprint density at radius 2 is 1.33 bits per heavy atom. The van der Waals surface area contributed by atoms with E-state index in [-0.39, 0.29) is 11.9 Å². The number of hydrogen-bond acceptors (Lipinski definition) is 9. The summed E-state index contributed by atoms with van der Waals surface area (Å²) in [5.41, 5.74) is 14.0. The number of carboxylic acid groups (broad SMARTS) is 1. The number of aromatic nitrogens is 3. The highest BCUT2D eigenvalue weighted by atomic mass is 32.1. The standard InChI is InChI=1S/C54H57FN8O2S/c1-33-35(3)66-53-49(33)51(56-34(2)52-58-57-36(4)63(52)53)41-12-19-46(20-13-41)62-31-38(32-62)28-60-24-22-59(23-25-60)27-37-29-61(30-37)45-17-10-40(11-18-45)50-47(39-8-15-44(55)16-9-39)7-5-6-42-26-43(54(64)65)14-21-48(42)50/h8-21,26,34,37-38H,5-7,22-25,27-32H2,1-4H3,(H,64,65)/t34-/m0/s1. The fraction of sp³-hybridized carbons (Fsp3) is 0.370. The van der Waals surface area contributed by atoms with Gasteiger partial charge in [0.25, 0.3) is 0 Å². The van der Waals surface area contributed by atoms with E-state index in [4.69, 9.17) is 4.99 Å². The summed E-state index contributed by atoms with van der Waals surface area (Å²) < 4.78 is 16.2. The Bertz CT molecular complexity index is 2860. The van der Waals surface area contributed by atoms with Gasteiger partial charge in [0, 0.05) is 105 Å². The van der Waals surface area contributed by atoms with Crippen molar-refractivity contribution in [2.24, 2.45) is 16.8 Å². The van der Waals surface area contributed by atoms with E-state index in [9.17, 15) is 14.3 Å². The third-order valence-corrected chi connectivity index (χ3v) is 16.0. The molecule has 0 spiro atoms. The van der Waals surface area contributed by atoms with E-state index in [2.05, 4.69) is 104 Å². The minimum Gasteiger partial charge on any atom is -0.478 e. The lowest BCUT2D eigenvalue weighted by molar-refractivity contribution is 0.0696. The summed E-state index contributed by atoms with van der Waals surface area (Å²) in [5, 5.41) is 19.8. The second kappa shape index (κ2) is 17.4. The van der Waals surface area contributed by atoms with Crippen molar-refractivity contribution in [3.8, 4) is 5.00 Å². The maximum Gasteiger partial charge on any atom is 0.335 e. The van der Waals surface area contributed by atoms with Gasteiger partial charge in [0.1, 0.15) is 22.7 Å². The summed E-state index contributed by atoms with van der Waals surface area (Å²) >= 11 is 1.80. The third kappa shape index (κ3) is 7.96. The largest absolute Gasteiger partial charge is 0.478 e. The smallest absolute Gasteiger partial charge is 0.335 e. The maximum absolute atomic E-state index is 14.0. The zero-order valence-corrected chi connectivity index (χ0v) is 39.1. The van der Waals surface area contributed by atoms with E-state index in [1.54, 1.807) is 17.4 Å². The van der Waals surface area contributed by atoms with Crippen LogP contribution < -0.4 is 9.80 Å². The first kappa shape index (κ1) is 42.7. The van der Waals surface area contributed by atoms with Gasteiger partial charge in [0.15, 0.2) is 5.82 Å². The number of carbonyl (C=O) groups is 1. The minimum absolute atomic E-state index is 0.0834. The number of anilines is 2. The maximum atomic E-state index is 14.0. The number of aliphatic imine (C=N–C) groups is 1. The van der Waals surface area contributed by atoms with Crippen molar-refractivity contribution >= 4 is 45.5 Å². The van der Waals surface area contributed by atoms with Crippen LogP contribution in [0.15, 0.2) is 96.0 Å². The van der Waals surface area contributed by atoms with Crippen LogP contribution in [0, 0.1) is 38.4 Å². The first-order valence-corrected chi connectivity index (χ1v) is 24.5. The van der Waals surface area contributed by atoms with E-state index in [0.717, 1.165) is 129 Å². The second-order valence-electron chi connectivity index (χ2n) is 19.2. The number of aryl methyl sites for hydroxylation is 3. The average Bonchev–Trinajstić information content (AvgIpc) is 3.70. The lowest BCUT2D eigenvalue weighted by atomic mass is 9.87. The number of benzene rings is 4. The molecule has 0 saturated carbocycles. The van der Waals surface area contributed by atoms with Gasteiger partial charge in [-0.25, -0.2) is 9.18 Å². The zero-order chi connectivity index (χ0) is 45.2. The number of aromatic carboxylic acids is 1. The minimum atomic E-state index is -0.912. The molecular weight excluding hydrogens is 844 g/mol. The molecule has 0 unspecified atom stereocenters. The molecule has 1 N–H and O–H groups in total. The van der Waals surface area contributed by atoms with Crippen LogP contribution in [-0.2, 0) is 6.42 Å². The van der Waals surface area contributed by atoms with Gasteiger partial charge < -0.3 is 24.7 Å². The highest BCUT2D eigenvalue weighted by Crippen LogP contribution is 2.42. The Morgan fingerprint density at radius 1 is 0.742 bits per heavy atom. The molecule has 10 nitrogen and oxygen atoms in total. The number of fused-ring (bicyclic) bond motifs is 4. The molecule has 0 amide bonds. The molecule has 12 heteroatoms. The molecule has 1 aliphatic carbocycles. The molecule has 3 saturated heterocycles. The van der Waals surface area contributed by atoms with Crippen LogP contribution in [0.4, 0.5) is 15.8 Å². The summed E-state index contributed by atoms with van der Waals surface area (Å²) in [7, 11) is 0. The highest BCUT2D eigenvalue weighted by molar-refractivity contribution is 7.15. The van der Waals surface area contributed by atoms with Gasteiger partial charge in [-0.3, -0.25) is 9.56 Å². The Balaban J connectivity index is 0.664. The predicted octanol–water partition coefficient (Wildman–Crippen LogP) is 9.49. The Labute approximate surface area is 390 Å². The summed E-state index contributed by atoms with van der Waals surface area (Å²) in [4.78, 5) is 28.8. The van der Waals surface area contributed by atoms with Gasteiger partial charge in [-0.15, -0.1) is 21.5 Å². The van der Waals surface area contributed by atoms with E-state index in [1.165, 1.54) is 56.6 Å². The second-order valence-corrected chi connectivity index (χ2v) is 20.4. The monoisotopic (exact) mass is 900 g/mol. The molecule has 338 valence electrons. The van der Waals surface area contributed by atoms with Gasteiger partial charge in [-0.05, 0) is 134 Å². The van der Waals surface area contributed by atoms with E-state index in [1.807, 2.05) is 31.2 Å². The van der Waals surface area contributed by atoms with Gasteiger partial charge in [-0.1, -0.05) is 42.5 Å².